The summed E-state index contributed by atoms with van der Waals surface area (Å²) < 4.78 is 29.8. The molecule has 1 aromatic carbocycles. The molecule has 2 aromatic heterocycles. The van der Waals surface area contributed by atoms with E-state index in [0.29, 0.717) is 35.4 Å². The molecule has 2 saturated carbocycles. The van der Waals surface area contributed by atoms with E-state index in [9.17, 15) is 4.39 Å². The summed E-state index contributed by atoms with van der Waals surface area (Å²) in [6.07, 6.45) is 2.09. The lowest BCUT2D eigenvalue weighted by Gasteiger charge is -2.24. The molecule has 3 aromatic rings. The third-order valence-electron chi connectivity index (χ3n) is 6.32. The van der Waals surface area contributed by atoms with Gasteiger partial charge < -0.3 is 19.4 Å². The van der Waals surface area contributed by atoms with Crippen LogP contribution in [0.15, 0.2) is 30.6 Å². The number of benzene rings is 1. The predicted molar refractivity (Wildman–Crippen MR) is 116 cm³/mol. The summed E-state index contributed by atoms with van der Waals surface area (Å²) in [4.78, 5) is 12.6. The van der Waals surface area contributed by atoms with Gasteiger partial charge in [-0.05, 0) is 72.4 Å². The number of imidazole rings is 1. The zero-order valence-corrected chi connectivity index (χ0v) is 18.7. The average molecular weight is 521 g/mol. The van der Waals surface area contributed by atoms with Crippen LogP contribution in [0.4, 0.5) is 10.2 Å². The zero-order chi connectivity index (χ0) is 20.6. The molecule has 2 aliphatic carbocycles. The largest absolute Gasteiger partial charge is 0.364 e. The van der Waals surface area contributed by atoms with Crippen molar-refractivity contribution in [3.63, 3.8) is 0 Å². The smallest absolute Gasteiger partial charge is 0.312 e. The number of nitrogens with one attached hydrogen (secondary N) is 1. The Bertz CT molecular complexity index is 1150. The summed E-state index contributed by atoms with van der Waals surface area (Å²) in [6, 6.07) is 8.17. The first-order valence-electron chi connectivity index (χ1n) is 10.1. The molecule has 0 spiro atoms. The Balaban J connectivity index is 1.34. The summed E-state index contributed by atoms with van der Waals surface area (Å²) in [5, 5.41) is 3.23. The van der Waals surface area contributed by atoms with E-state index in [-0.39, 0.29) is 18.2 Å². The van der Waals surface area contributed by atoms with Crippen LogP contribution in [0, 0.1) is 21.5 Å². The number of fused-ring (bicyclic) bond motifs is 4. The maximum absolute atomic E-state index is 14.4. The van der Waals surface area contributed by atoms with E-state index in [1.54, 1.807) is 6.33 Å². The maximum atomic E-state index is 14.4. The topological polar surface area (TPSA) is 74.1 Å². The van der Waals surface area contributed by atoms with Crippen LogP contribution >= 0.6 is 22.6 Å². The molecule has 0 radical (unpaired) electrons. The first-order valence-corrected chi connectivity index (χ1v) is 11.2. The van der Waals surface area contributed by atoms with Gasteiger partial charge in [0.25, 0.3) is 0 Å². The van der Waals surface area contributed by atoms with E-state index in [4.69, 9.17) is 9.47 Å². The summed E-state index contributed by atoms with van der Waals surface area (Å²) in [5.41, 5.74) is 2.16. The second kappa shape index (κ2) is 6.57. The van der Waals surface area contributed by atoms with Gasteiger partial charge in [-0.25, -0.2) is 4.98 Å². The van der Waals surface area contributed by atoms with Crippen molar-refractivity contribution >= 4 is 39.6 Å². The number of rotatable bonds is 4. The summed E-state index contributed by atoms with van der Waals surface area (Å²) in [5.74, 6) is 0.747. The van der Waals surface area contributed by atoms with Crippen LogP contribution in [0.1, 0.15) is 31.9 Å². The van der Waals surface area contributed by atoms with Crippen LogP contribution in [0.25, 0.3) is 11.2 Å². The number of hydrogen-bond acceptors (Lipinski definition) is 6. The molecule has 0 amide bonds. The van der Waals surface area contributed by atoms with Gasteiger partial charge in [0.15, 0.2) is 22.8 Å². The molecular weight excluding hydrogens is 500 g/mol. The van der Waals surface area contributed by atoms with Crippen LogP contribution in [0.3, 0.4) is 0 Å². The van der Waals surface area contributed by atoms with Gasteiger partial charge in [-0.1, -0.05) is 12.1 Å². The highest BCUT2D eigenvalue weighted by molar-refractivity contribution is 14.1. The van der Waals surface area contributed by atoms with Crippen molar-refractivity contribution in [3.05, 3.63) is 45.8 Å². The lowest BCUT2D eigenvalue weighted by atomic mass is 10.1. The highest BCUT2D eigenvalue weighted by Crippen LogP contribution is 2.63. The first kappa shape index (κ1) is 18.9. The van der Waals surface area contributed by atoms with Crippen molar-refractivity contribution in [2.75, 3.05) is 5.32 Å². The highest BCUT2D eigenvalue weighted by Gasteiger charge is 2.66. The third kappa shape index (κ3) is 3.01. The molecule has 6 rings (SSSR count). The Morgan fingerprint density at radius 3 is 2.90 bits per heavy atom. The Kier molecular flexibility index (Phi) is 4.14. The fraction of sp³-hybridized carbons (Fsp3) is 0.476. The molecule has 1 aliphatic heterocycles. The lowest BCUT2D eigenvalue weighted by molar-refractivity contribution is -0.156. The average Bonchev–Trinajstić information content (AvgIpc) is 3.12. The van der Waals surface area contributed by atoms with Crippen LogP contribution in [0.5, 0.6) is 0 Å². The van der Waals surface area contributed by atoms with Crippen LogP contribution in [-0.2, 0) is 16.0 Å². The summed E-state index contributed by atoms with van der Waals surface area (Å²) in [7, 11) is 0. The molecule has 1 N–H and O–H groups in total. The third-order valence-corrected chi connectivity index (χ3v) is 6.99. The molecule has 3 heterocycles. The van der Waals surface area contributed by atoms with Crippen molar-refractivity contribution in [2.24, 2.45) is 11.8 Å². The number of aromatic nitrogens is 4. The lowest BCUT2D eigenvalue weighted by Crippen LogP contribution is -2.30. The fourth-order valence-corrected chi connectivity index (χ4v) is 5.70. The molecule has 3 fully saturated rings. The van der Waals surface area contributed by atoms with Crippen LogP contribution in [0.2, 0.25) is 0 Å². The minimum Gasteiger partial charge on any atom is -0.364 e. The maximum Gasteiger partial charge on any atom is 0.312 e. The Labute approximate surface area is 186 Å². The SMILES string of the molecule is CC1(C)O[C@@H]2[C@@H]3C[C@@H]3[C@@H](n3cnc4c(NCc5cccc(I)c5)nc(F)nc43)[C@@H]2O1. The minimum absolute atomic E-state index is 0.0460. The van der Waals surface area contributed by atoms with Gasteiger partial charge in [0.1, 0.15) is 6.10 Å². The number of nitrogens with zero attached hydrogens (tertiary/aromatic N) is 4. The summed E-state index contributed by atoms with van der Waals surface area (Å²) in [6.45, 7) is 4.42. The van der Waals surface area contributed by atoms with E-state index in [2.05, 4.69) is 48.9 Å². The van der Waals surface area contributed by atoms with E-state index in [1.807, 2.05) is 36.6 Å². The normalized spacial score (nSPS) is 31.0. The van der Waals surface area contributed by atoms with E-state index in [0.717, 1.165) is 15.6 Å². The molecule has 1 saturated heterocycles. The second-order valence-corrected chi connectivity index (χ2v) is 10.0. The number of anilines is 1. The monoisotopic (exact) mass is 521 g/mol. The van der Waals surface area contributed by atoms with Crippen molar-refractivity contribution in [2.45, 2.75) is 50.8 Å². The molecule has 30 heavy (non-hydrogen) atoms. The standard InChI is InChI=1S/C21H21FIN5O2/c1-21(2)29-16-13-7-12(13)15(17(16)30-21)28-9-25-14-18(26-20(22)27-19(14)28)24-8-10-4-3-5-11(23)6-10/h3-6,9,12-13,15-17H,7-8H2,1-2H3,(H,24,26,27)/t12-,13+,15+,16+,17-/m0/s1. The van der Waals surface area contributed by atoms with Crippen molar-refractivity contribution in [1.82, 2.24) is 19.5 Å². The van der Waals surface area contributed by atoms with E-state index < -0.39 is 11.9 Å². The molecule has 5 atom stereocenters. The Morgan fingerprint density at radius 2 is 2.07 bits per heavy atom. The summed E-state index contributed by atoms with van der Waals surface area (Å²) >= 11 is 2.27. The van der Waals surface area contributed by atoms with E-state index in [1.165, 1.54) is 0 Å². The number of ether oxygens (including phenoxy) is 2. The number of hydrogen-bond donors (Lipinski definition) is 1. The van der Waals surface area contributed by atoms with Gasteiger partial charge in [0.05, 0.1) is 18.5 Å². The van der Waals surface area contributed by atoms with Gasteiger partial charge in [0, 0.05) is 10.1 Å². The Morgan fingerprint density at radius 1 is 1.23 bits per heavy atom. The molecule has 0 unspecified atom stereocenters. The predicted octanol–water partition coefficient (Wildman–Crippen LogP) is 3.89. The van der Waals surface area contributed by atoms with Gasteiger partial charge in [0.2, 0.25) is 0 Å². The van der Waals surface area contributed by atoms with Gasteiger partial charge in [-0.2, -0.15) is 14.4 Å². The van der Waals surface area contributed by atoms with Crippen LogP contribution in [-0.4, -0.2) is 37.5 Å². The van der Waals surface area contributed by atoms with E-state index >= 15 is 0 Å². The molecule has 9 heteroatoms. The van der Waals surface area contributed by atoms with Crippen molar-refractivity contribution in [3.8, 4) is 0 Å². The zero-order valence-electron chi connectivity index (χ0n) is 16.5. The minimum atomic E-state index is -0.764. The fourth-order valence-electron chi connectivity index (χ4n) is 5.09. The highest BCUT2D eigenvalue weighted by atomic mass is 127. The van der Waals surface area contributed by atoms with Gasteiger partial charge in [-0.3, -0.25) is 0 Å². The van der Waals surface area contributed by atoms with Gasteiger partial charge in [-0.15, -0.1) is 0 Å². The van der Waals surface area contributed by atoms with Gasteiger partial charge >= 0.3 is 6.08 Å². The Hall–Kier alpha value is -1.85. The van der Waals surface area contributed by atoms with Crippen molar-refractivity contribution in [1.29, 1.82) is 0 Å². The molecular formula is C21H21FIN5O2. The second-order valence-electron chi connectivity index (χ2n) is 8.77. The first-order chi connectivity index (χ1) is 14.4. The molecule has 7 nitrogen and oxygen atoms in total. The van der Waals surface area contributed by atoms with Crippen molar-refractivity contribution < 1.29 is 13.9 Å². The number of halogens is 2. The molecule has 3 aliphatic rings. The quantitative estimate of drug-likeness (QED) is 0.415. The van der Waals surface area contributed by atoms with Crippen LogP contribution < -0.4 is 5.32 Å². The molecule has 156 valence electrons. The molecule has 0 bridgehead atoms.